The highest BCUT2D eigenvalue weighted by Gasteiger charge is 2.21. The number of benzene rings is 2. The summed E-state index contributed by atoms with van der Waals surface area (Å²) in [6, 6.07) is 16.4. The molecule has 0 fully saturated rings. The van der Waals surface area contributed by atoms with E-state index in [2.05, 4.69) is 4.98 Å². The highest BCUT2D eigenvalue weighted by atomic mass is 32.2. The number of aliphatic hydroxyl groups is 1. The Morgan fingerprint density at radius 2 is 1.78 bits per heavy atom. The van der Waals surface area contributed by atoms with Gasteiger partial charge < -0.3 is 10.1 Å². The van der Waals surface area contributed by atoms with Crippen LogP contribution in [0, 0.1) is 0 Å². The summed E-state index contributed by atoms with van der Waals surface area (Å²) in [5.74, 6) is -0.349. The lowest BCUT2D eigenvalue weighted by molar-refractivity contribution is 0.262. The second-order valence-electron chi connectivity index (χ2n) is 5.55. The second-order valence-corrected chi connectivity index (χ2v) is 7.08. The number of hydrogen-bond donors (Lipinski definition) is 3. The van der Waals surface area contributed by atoms with Crippen molar-refractivity contribution in [2.45, 2.75) is 17.2 Å². The van der Waals surface area contributed by atoms with Gasteiger partial charge in [-0.1, -0.05) is 36.4 Å². The van der Waals surface area contributed by atoms with Crippen LogP contribution in [0.4, 0.5) is 0 Å². The molecule has 0 unspecified atom stereocenters. The fourth-order valence-corrected chi connectivity index (χ4v) is 3.69. The molecule has 0 saturated heterocycles. The van der Waals surface area contributed by atoms with Gasteiger partial charge in [-0.05, 0) is 35.6 Å². The first-order valence-electron chi connectivity index (χ1n) is 7.28. The zero-order chi connectivity index (χ0) is 16.4. The number of sulfonamides is 1. The number of H-pyrrole nitrogens is 1. The summed E-state index contributed by atoms with van der Waals surface area (Å²) in [6.45, 7) is -0.165. The van der Waals surface area contributed by atoms with Gasteiger partial charge in [0.1, 0.15) is 0 Å². The van der Waals surface area contributed by atoms with E-state index in [9.17, 15) is 13.5 Å². The highest BCUT2D eigenvalue weighted by molar-refractivity contribution is 7.89. The number of primary sulfonamides is 1. The van der Waals surface area contributed by atoms with Crippen LogP contribution in [0.3, 0.4) is 0 Å². The minimum absolute atomic E-state index is 0.0650. The zero-order valence-corrected chi connectivity index (χ0v) is 13.3. The van der Waals surface area contributed by atoms with E-state index in [1.54, 1.807) is 18.2 Å². The molecule has 0 spiro atoms. The number of nitrogens with two attached hydrogens (primary N) is 1. The minimum atomic E-state index is -3.83. The Hall–Kier alpha value is -2.15. The van der Waals surface area contributed by atoms with Crippen molar-refractivity contribution in [1.82, 2.24) is 4.98 Å². The zero-order valence-electron chi connectivity index (χ0n) is 12.4. The number of para-hydroxylation sites is 1. The van der Waals surface area contributed by atoms with Gasteiger partial charge in [0, 0.05) is 17.1 Å². The molecule has 1 heterocycles. The third kappa shape index (κ3) is 3.29. The van der Waals surface area contributed by atoms with Crippen LogP contribution in [0.1, 0.15) is 17.2 Å². The van der Waals surface area contributed by atoms with Crippen LogP contribution in [0.25, 0.3) is 10.9 Å². The van der Waals surface area contributed by atoms with Gasteiger partial charge in [0.15, 0.2) is 0 Å². The van der Waals surface area contributed by atoms with Gasteiger partial charge in [0.2, 0.25) is 10.0 Å². The lowest BCUT2D eigenvalue weighted by Crippen LogP contribution is -2.18. The first kappa shape index (κ1) is 15.7. The van der Waals surface area contributed by atoms with Crippen molar-refractivity contribution in [3.63, 3.8) is 0 Å². The van der Waals surface area contributed by atoms with Crippen LogP contribution in [0.2, 0.25) is 0 Å². The van der Waals surface area contributed by atoms with Crippen molar-refractivity contribution in [2.75, 3.05) is 6.61 Å². The Morgan fingerprint density at radius 1 is 1.09 bits per heavy atom. The molecule has 0 saturated carbocycles. The molecule has 120 valence electrons. The smallest absolute Gasteiger partial charge is 0.238 e. The summed E-state index contributed by atoms with van der Waals surface area (Å²) >= 11 is 0. The van der Waals surface area contributed by atoms with Crippen molar-refractivity contribution in [2.24, 2.45) is 5.14 Å². The number of rotatable bonds is 5. The molecular weight excluding hydrogens is 312 g/mol. The van der Waals surface area contributed by atoms with Gasteiger partial charge in [0.25, 0.3) is 0 Å². The van der Waals surface area contributed by atoms with Crippen LogP contribution in [0.5, 0.6) is 0 Å². The Balaban J connectivity index is 1.97. The molecule has 5 nitrogen and oxygen atoms in total. The Labute approximate surface area is 134 Å². The summed E-state index contributed by atoms with van der Waals surface area (Å²) in [5.41, 5.74) is 2.49. The molecule has 3 rings (SSSR count). The predicted molar refractivity (Wildman–Crippen MR) is 89.6 cm³/mol. The molecule has 1 aromatic heterocycles. The minimum Gasteiger partial charge on any atom is -0.396 e. The monoisotopic (exact) mass is 330 g/mol. The molecule has 6 heteroatoms. The summed E-state index contributed by atoms with van der Waals surface area (Å²) in [5, 5.41) is 16.1. The van der Waals surface area contributed by atoms with E-state index in [0.717, 1.165) is 16.6 Å². The molecular formula is C17H18N2O3S. The molecule has 0 aliphatic carbocycles. The SMILES string of the molecule is NS(=O)(=O)c1ccccc1[C@@H](CO)Cc1cc2ccccc2[nH]1. The molecule has 23 heavy (non-hydrogen) atoms. The molecule has 0 bridgehead atoms. The summed E-state index contributed by atoms with van der Waals surface area (Å²) in [4.78, 5) is 3.36. The van der Waals surface area contributed by atoms with Crippen LogP contribution in [0.15, 0.2) is 59.5 Å². The van der Waals surface area contributed by atoms with Crippen LogP contribution < -0.4 is 5.14 Å². The number of hydrogen-bond acceptors (Lipinski definition) is 3. The van der Waals surface area contributed by atoms with Gasteiger partial charge in [-0.25, -0.2) is 13.6 Å². The van der Waals surface area contributed by atoms with E-state index in [4.69, 9.17) is 5.14 Å². The van der Waals surface area contributed by atoms with Gasteiger partial charge in [-0.2, -0.15) is 0 Å². The van der Waals surface area contributed by atoms with Crippen LogP contribution in [-0.4, -0.2) is 25.1 Å². The molecule has 0 aliphatic rings. The van der Waals surface area contributed by atoms with Crippen molar-refractivity contribution >= 4 is 20.9 Å². The van der Waals surface area contributed by atoms with Gasteiger partial charge >= 0.3 is 0 Å². The Kier molecular flexibility index (Phi) is 4.21. The largest absolute Gasteiger partial charge is 0.396 e. The molecule has 2 aromatic carbocycles. The lowest BCUT2D eigenvalue weighted by Gasteiger charge is -2.17. The third-order valence-corrected chi connectivity index (χ3v) is 4.92. The Morgan fingerprint density at radius 3 is 2.48 bits per heavy atom. The number of aromatic nitrogens is 1. The van der Waals surface area contributed by atoms with Crippen molar-refractivity contribution in [1.29, 1.82) is 0 Å². The van der Waals surface area contributed by atoms with E-state index in [0.29, 0.717) is 12.0 Å². The highest BCUT2D eigenvalue weighted by Crippen LogP contribution is 2.27. The number of nitrogens with one attached hydrogen (secondary N) is 1. The number of aromatic amines is 1. The maximum absolute atomic E-state index is 11.8. The molecule has 0 aliphatic heterocycles. The summed E-state index contributed by atoms with van der Waals surface area (Å²) in [6.07, 6.45) is 0.498. The van der Waals surface area contributed by atoms with E-state index in [-0.39, 0.29) is 17.4 Å². The van der Waals surface area contributed by atoms with E-state index in [1.165, 1.54) is 6.07 Å². The summed E-state index contributed by atoms with van der Waals surface area (Å²) < 4.78 is 23.5. The van der Waals surface area contributed by atoms with Gasteiger partial charge in [-0.15, -0.1) is 0 Å². The maximum atomic E-state index is 11.8. The molecule has 3 aromatic rings. The molecule has 0 amide bonds. The van der Waals surface area contributed by atoms with Crippen LogP contribution in [-0.2, 0) is 16.4 Å². The van der Waals surface area contributed by atoms with E-state index >= 15 is 0 Å². The number of fused-ring (bicyclic) bond motifs is 1. The predicted octanol–water partition coefficient (Wildman–Crippen LogP) is 2.13. The molecule has 0 radical (unpaired) electrons. The normalized spacial score (nSPS) is 13.3. The van der Waals surface area contributed by atoms with Gasteiger partial charge in [-0.3, -0.25) is 0 Å². The quantitative estimate of drug-likeness (QED) is 0.668. The Bertz CT molecular complexity index is 899. The summed E-state index contributed by atoms with van der Waals surface area (Å²) in [7, 11) is -3.83. The first-order valence-corrected chi connectivity index (χ1v) is 8.83. The van der Waals surface area contributed by atoms with Crippen molar-refractivity contribution < 1.29 is 13.5 Å². The average molecular weight is 330 g/mol. The fraction of sp³-hybridized carbons (Fsp3) is 0.176. The average Bonchev–Trinajstić information content (AvgIpc) is 2.94. The van der Waals surface area contributed by atoms with Crippen molar-refractivity contribution in [3.8, 4) is 0 Å². The first-order chi connectivity index (χ1) is 11.0. The number of aliphatic hydroxyl groups excluding tert-OH is 1. The van der Waals surface area contributed by atoms with Gasteiger partial charge in [0.05, 0.1) is 11.5 Å². The topological polar surface area (TPSA) is 96.2 Å². The van der Waals surface area contributed by atoms with Crippen LogP contribution >= 0.6 is 0 Å². The molecule has 4 N–H and O–H groups in total. The van der Waals surface area contributed by atoms with E-state index < -0.39 is 10.0 Å². The lowest BCUT2D eigenvalue weighted by atomic mass is 9.95. The fourth-order valence-electron chi connectivity index (χ4n) is 2.86. The standard InChI is InChI=1S/C17H18N2O3S/c18-23(21,22)17-8-4-2-6-15(17)13(11-20)10-14-9-12-5-1-3-7-16(12)19-14/h1-9,13,19-20H,10-11H2,(H2,18,21,22)/t13-/m1/s1. The second kappa shape index (κ2) is 6.16. The van der Waals surface area contributed by atoms with Crippen molar-refractivity contribution in [3.05, 3.63) is 65.9 Å². The van der Waals surface area contributed by atoms with E-state index in [1.807, 2.05) is 30.3 Å². The maximum Gasteiger partial charge on any atom is 0.238 e. The third-order valence-electron chi connectivity index (χ3n) is 3.94. The molecule has 1 atom stereocenters.